The van der Waals surface area contributed by atoms with E-state index >= 15 is 0 Å². The third-order valence-electron chi connectivity index (χ3n) is 6.13. The molecule has 0 atom stereocenters. The van der Waals surface area contributed by atoms with Crippen molar-refractivity contribution in [1.82, 2.24) is 0 Å². The molecule has 2 aliphatic carbocycles. The largest absolute Gasteiger partial charge is 0.328 e. The van der Waals surface area contributed by atoms with Crippen molar-refractivity contribution in [3.63, 3.8) is 0 Å². The Bertz CT molecular complexity index is 618. The predicted molar refractivity (Wildman–Crippen MR) is 115 cm³/mol. The Balaban J connectivity index is 0.00000182. The number of hydrogen-bond donors (Lipinski definition) is 0. The second-order valence-electron chi connectivity index (χ2n) is 8.04. The molecule has 0 saturated heterocycles. The number of benzene rings is 2. The molecule has 0 aliphatic heterocycles. The van der Waals surface area contributed by atoms with E-state index in [0.717, 1.165) is 11.8 Å². The van der Waals surface area contributed by atoms with E-state index in [1.807, 2.05) is 0 Å². The molecule has 4 heteroatoms. The maximum atomic E-state index is 2.46. The first kappa shape index (κ1) is 32.5. The minimum Gasteiger partial charge on any atom is -0.328 e. The van der Waals surface area contributed by atoms with Gasteiger partial charge in [-0.3, -0.25) is 0 Å². The van der Waals surface area contributed by atoms with Crippen molar-refractivity contribution in [2.75, 3.05) is 0 Å². The van der Waals surface area contributed by atoms with Crippen molar-refractivity contribution < 1.29 is 65.4 Å². The third kappa shape index (κ3) is 10.4. The van der Waals surface area contributed by atoms with Crippen LogP contribution in [0.2, 0.25) is 0 Å². The van der Waals surface area contributed by atoms with Gasteiger partial charge < -0.3 is 12.8 Å². The quantitative estimate of drug-likeness (QED) is 0.354. The molecule has 136 valence electrons. The minimum absolute atomic E-state index is 0. The Kier molecular flexibility index (Phi) is 20.8. The second kappa shape index (κ2) is 17.9. The van der Waals surface area contributed by atoms with Crippen molar-refractivity contribution in [1.29, 1.82) is 0 Å². The van der Waals surface area contributed by atoms with Crippen molar-refractivity contribution in [3.05, 3.63) is 60.4 Å². The Morgan fingerprint density at radius 2 is 0.964 bits per heavy atom. The first-order valence-corrected chi connectivity index (χ1v) is 10.0. The Morgan fingerprint density at radius 3 is 1.32 bits per heavy atom. The standard InChI is InChI=1S/C24H30.2Rb.2Y/c1-3-7-19(8-4-1)15-21-11-13-24-18-22(12-14-23(24)17-21)16-20-9-5-2-6-10-20;;;;/h1-2,11-14,17-20H,3-10,15-16H2;;;;/q-2;;;;. The van der Waals surface area contributed by atoms with Crippen molar-refractivity contribution in [3.8, 4) is 0 Å². The molecule has 4 radical (unpaired) electrons. The van der Waals surface area contributed by atoms with Gasteiger partial charge in [0.15, 0.2) is 0 Å². The second-order valence-corrected chi connectivity index (χ2v) is 8.04. The smallest absolute Gasteiger partial charge is 0 e. The first-order valence-electron chi connectivity index (χ1n) is 10.0. The zero-order valence-corrected chi connectivity index (χ0v) is 33.5. The fraction of sp³-hybridized carbons (Fsp3) is 0.500. The Hall–Kier alpha value is 4.52. The summed E-state index contributed by atoms with van der Waals surface area (Å²) in [5.74, 6) is 1.80. The summed E-state index contributed by atoms with van der Waals surface area (Å²) in [4.78, 5) is 0. The van der Waals surface area contributed by atoms with Crippen LogP contribution in [0.1, 0.15) is 62.5 Å². The molecule has 0 unspecified atom stereocenters. The van der Waals surface area contributed by atoms with Crippen LogP contribution in [0.5, 0.6) is 0 Å². The third-order valence-corrected chi connectivity index (χ3v) is 6.13. The van der Waals surface area contributed by atoms with Crippen LogP contribution in [0, 0.1) is 24.7 Å². The molecule has 28 heavy (non-hydrogen) atoms. The van der Waals surface area contributed by atoms with Gasteiger partial charge in [0.1, 0.15) is 0 Å². The van der Waals surface area contributed by atoms with Gasteiger partial charge in [0.05, 0.1) is 0 Å². The Labute approximate surface area is 321 Å². The van der Waals surface area contributed by atoms with E-state index in [1.54, 1.807) is 0 Å². The summed E-state index contributed by atoms with van der Waals surface area (Å²) >= 11 is 0. The van der Waals surface area contributed by atoms with Gasteiger partial charge in [-0.2, -0.15) is 25.7 Å². The van der Waals surface area contributed by atoms with Crippen molar-refractivity contribution in [2.45, 2.75) is 64.2 Å². The van der Waals surface area contributed by atoms with E-state index in [4.69, 9.17) is 0 Å². The molecule has 4 rings (SSSR count). The van der Waals surface area contributed by atoms with Gasteiger partial charge in [-0.15, -0.1) is 0 Å². The van der Waals surface area contributed by atoms with Gasteiger partial charge in [-0.05, 0) is 46.6 Å². The summed E-state index contributed by atoms with van der Waals surface area (Å²) in [6, 6.07) is 14.3. The van der Waals surface area contributed by atoms with Gasteiger partial charge in [0.25, 0.3) is 0 Å². The number of fused-ring (bicyclic) bond motifs is 1. The first-order chi connectivity index (χ1) is 11.9. The Morgan fingerprint density at radius 1 is 0.607 bits per heavy atom. The van der Waals surface area contributed by atoms with Crippen LogP contribution in [0.3, 0.4) is 0 Å². The van der Waals surface area contributed by atoms with Gasteiger partial charge in [-0.25, -0.2) is 0 Å². The monoisotopic (exact) mass is 666 g/mol. The zero-order valence-electron chi connectivity index (χ0n) is 18.0. The van der Waals surface area contributed by atoms with Crippen LogP contribution in [0.25, 0.3) is 10.8 Å². The van der Waals surface area contributed by atoms with Crippen molar-refractivity contribution >= 4 is 127 Å². The molecule has 0 heterocycles. The maximum absolute atomic E-state index is 2.46. The summed E-state index contributed by atoms with van der Waals surface area (Å²) < 4.78 is 0. The van der Waals surface area contributed by atoms with E-state index in [0.29, 0.717) is 0 Å². The molecule has 2 aromatic carbocycles. The summed E-state index contributed by atoms with van der Waals surface area (Å²) in [7, 11) is 0. The average Bonchev–Trinajstić information content (AvgIpc) is 2.64. The molecule has 0 N–H and O–H groups in total. The minimum atomic E-state index is 0. The van der Waals surface area contributed by atoms with Gasteiger partial charge in [0.2, 0.25) is 0 Å². The van der Waals surface area contributed by atoms with Gasteiger partial charge >= 0.3 is 0 Å². The SMILES string of the molecule is [Rb].[Rb].[Y].[Y].c1cc2cc(CC3CC[CH-]CC3)ccc2cc1CC1CC[CH-]CC1. The molecule has 0 nitrogen and oxygen atoms in total. The van der Waals surface area contributed by atoms with Gasteiger partial charge in [0, 0.05) is 182 Å². The van der Waals surface area contributed by atoms with E-state index < -0.39 is 0 Å². The van der Waals surface area contributed by atoms with E-state index in [1.165, 1.54) is 86.1 Å². The van der Waals surface area contributed by atoms with E-state index in [9.17, 15) is 0 Å². The molecule has 0 bridgehead atoms. The molecule has 0 amide bonds. The van der Waals surface area contributed by atoms with Crippen LogP contribution in [-0.4, -0.2) is 116 Å². The predicted octanol–water partition coefficient (Wildman–Crippen LogP) is 5.95. The molecular formula is C24H30Rb2Y2-2. The molecule has 2 fully saturated rings. The van der Waals surface area contributed by atoms with E-state index in [-0.39, 0.29) is 182 Å². The topological polar surface area (TPSA) is 0 Å². The summed E-state index contributed by atoms with van der Waals surface area (Å²) in [6.07, 6.45) is 18.3. The normalized spacial score (nSPS) is 17.6. The van der Waals surface area contributed by atoms with Crippen LogP contribution in [0.4, 0.5) is 0 Å². The number of rotatable bonds is 4. The molecule has 2 aromatic rings. The van der Waals surface area contributed by atoms with Crippen LogP contribution in [0.15, 0.2) is 36.4 Å². The number of hydrogen-bond acceptors (Lipinski definition) is 0. The van der Waals surface area contributed by atoms with E-state index in [2.05, 4.69) is 49.2 Å². The molecule has 0 aromatic heterocycles. The van der Waals surface area contributed by atoms with Crippen molar-refractivity contribution in [2.24, 2.45) is 11.8 Å². The maximum Gasteiger partial charge on any atom is 0 e. The van der Waals surface area contributed by atoms with Crippen LogP contribution in [-0.2, 0) is 78.3 Å². The molecule has 2 aliphatic rings. The summed E-state index contributed by atoms with van der Waals surface area (Å²) in [5.41, 5.74) is 3.06. The fourth-order valence-corrected chi connectivity index (χ4v) is 4.67. The summed E-state index contributed by atoms with van der Waals surface area (Å²) in [5, 5.41) is 2.85. The fourth-order valence-electron chi connectivity index (χ4n) is 4.67. The average molecular weight is 667 g/mol. The zero-order chi connectivity index (χ0) is 16.2. The summed E-state index contributed by atoms with van der Waals surface area (Å²) in [6.45, 7) is 0. The van der Waals surface area contributed by atoms with Crippen LogP contribution < -0.4 is 0 Å². The molecule has 2 saturated carbocycles. The molecular weight excluding hydrogens is 637 g/mol. The van der Waals surface area contributed by atoms with Crippen LogP contribution >= 0.6 is 0 Å². The molecule has 0 spiro atoms. The van der Waals surface area contributed by atoms with Gasteiger partial charge in [-0.1, -0.05) is 62.1 Å².